The molecule has 4 atom stereocenters. The van der Waals surface area contributed by atoms with Crippen LogP contribution in [0.2, 0.25) is 18.1 Å². The van der Waals surface area contributed by atoms with Crippen molar-refractivity contribution in [1.29, 1.82) is 0 Å². The van der Waals surface area contributed by atoms with E-state index >= 15 is 0 Å². The molecule has 3 nitrogen and oxygen atoms in total. The van der Waals surface area contributed by atoms with Crippen LogP contribution in [-0.2, 0) is 29.5 Å². The topological polar surface area (TPSA) is 25.4 Å². The Morgan fingerprint density at radius 1 is 1.15 bits per heavy atom. The Balaban J connectivity index is 1.53. The second kappa shape index (κ2) is 8.87. The summed E-state index contributed by atoms with van der Waals surface area (Å²) in [6.45, 7) is 17.1. The van der Waals surface area contributed by atoms with Crippen molar-refractivity contribution < 1.29 is 4.43 Å². The summed E-state index contributed by atoms with van der Waals surface area (Å²) in [5.74, 6) is 2.29. The van der Waals surface area contributed by atoms with Crippen LogP contribution in [0.4, 0.5) is 0 Å². The SMILES string of the molecule is C[C@@H]1C[C@H]2Cc3ncc(CO[Si](C)(C)C(C)(C)C)cc3[C@@]3(C1)[C@@H]2CCCN3Cc1ccccc1. The van der Waals surface area contributed by atoms with Gasteiger partial charge in [0.25, 0.3) is 0 Å². The monoisotopic (exact) mass is 476 g/mol. The first-order valence-corrected chi connectivity index (χ1v) is 16.4. The Labute approximate surface area is 208 Å². The number of aromatic nitrogens is 1. The van der Waals surface area contributed by atoms with Crippen molar-refractivity contribution in [1.82, 2.24) is 9.88 Å². The lowest BCUT2D eigenvalue weighted by molar-refractivity contribution is -0.0968. The zero-order valence-corrected chi connectivity index (χ0v) is 23.2. The van der Waals surface area contributed by atoms with Crippen LogP contribution in [-0.4, -0.2) is 24.7 Å². The first kappa shape index (κ1) is 24.2. The molecule has 2 fully saturated rings. The quantitative estimate of drug-likeness (QED) is 0.423. The molecule has 0 amide bonds. The van der Waals surface area contributed by atoms with Gasteiger partial charge in [0, 0.05) is 18.4 Å². The van der Waals surface area contributed by atoms with E-state index in [1.807, 2.05) is 0 Å². The Morgan fingerprint density at radius 3 is 2.65 bits per heavy atom. The molecule has 1 aromatic carbocycles. The summed E-state index contributed by atoms with van der Waals surface area (Å²) in [5, 5.41) is 0.223. The molecule has 4 heteroatoms. The second-order valence-corrected chi connectivity index (χ2v) is 17.8. The Hall–Kier alpha value is -1.49. The maximum Gasteiger partial charge on any atom is 0.192 e. The lowest BCUT2D eigenvalue weighted by atomic mass is 9.53. The highest BCUT2D eigenvalue weighted by Crippen LogP contribution is 2.59. The fraction of sp³-hybridized carbons (Fsp3) is 0.633. The number of pyridine rings is 1. The maximum absolute atomic E-state index is 6.64. The van der Waals surface area contributed by atoms with Gasteiger partial charge in [0.05, 0.1) is 12.1 Å². The first-order valence-electron chi connectivity index (χ1n) is 13.5. The molecule has 0 radical (unpaired) electrons. The molecule has 184 valence electrons. The lowest BCUT2D eigenvalue weighted by Crippen LogP contribution is -2.61. The number of nitrogens with zero attached hydrogens (tertiary/aromatic N) is 2. The molecule has 2 bridgehead atoms. The van der Waals surface area contributed by atoms with Crippen LogP contribution in [0.1, 0.15) is 75.8 Å². The van der Waals surface area contributed by atoms with Gasteiger partial charge in [0.15, 0.2) is 8.32 Å². The van der Waals surface area contributed by atoms with Crippen molar-refractivity contribution in [3.8, 4) is 0 Å². The summed E-state index contributed by atoms with van der Waals surface area (Å²) in [5.41, 5.74) is 5.73. The van der Waals surface area contributed by atoms with Crippen LogP contribution in [0.3, 0.4) is 0 Å². The van der Waals surface area contributed by atoms with E-state index in [0.29, 0.717) is 6.61 Å². The molecule has 1 aliphatic heterocycles. The maximum atomic E-state index is 6.64. The van der Waals surface area contributed by atoms with Crippen molar-refractivity contribution in [3.05, 3.63) is 65.0 Å². The van der Waals surface area contributed by atoms with Gasteiger partial charge in [-0.3, -0.25) is 9.88 Å². The molecule has 2 heterocycles. The summed E-state index contributed by atoms with van der Waals surface area (Å²) in [6, 6.07) is 13.6. The van der Waals surface area contributed by atoms with Gasteiger partial charge in [-0.2, -0.15) is 0 Å². The van der Waals surface area contributed by atoms with Crippen LogP contribution in [0.5, 0.6) is 0 Å². The molecular formula is C30H44N2OSi. The number of fused-ring (bicyclic) bond motifs is 1. The highest BCUT2D eigenvalue weighted by atomic mass is 28.4. The number of benzene rings is 1. The molecule has 3 aliphatic rings. The van der Waals surface area contributed by atoms with Gasteiger partial charge >= 0.3 is 0 Å². The summed E-state index contributed by atoms with van der Waals surface area (Å²) < 4.78 is 6.64. The zero-order valence-electron chi connectivity index (χ0n) is 22.2. The standard InChI is InChI=1S/C30H44N2OSi/c1-22-15-25-17-28-27(16-24(19-31-28)21-33-34(5,6)29(2,3)4)30(18-22)26(25)13-10-14-32(30)20-23-11-8-7-9-12-23/h7-9,11-12,16,19,22,25-26H,10,13-15,17-18,20-21H2,1-6H3/t22-,25+,26-,30-/m1/s1. The Bertz CT molecular complexity index is 1010. The van der Waals surface area contributed by atoms with E-state index in [0.717, 1.165) is 30.7 Å². The third-order valence-corrected chi connectivity index (χ3v) is 14.1. The van der Waals surface area contributed by atoms with Crippen LogP contribution >= 0.6 is 0 Å². The van der Waals surface area contributed by atoms with Gasteiger partial charge in [-0.1, -0.05) is 58.0 Å². The molecule has 2 aromatic rings. The molecule has 2 aliphatic carbocycles. The smallest absolute Gasteiger partial charge is 0.192 e. The average molecular weight is 477 g/mol. The Morgan fingerprint density at radius 2 is 1.91 bits per heavy atom. The number of likely N-dealkylation sites (tertiary alicyclic amines) is 1. The van der Waals surface area contributed by atoms with Gasteiger partial charge in [0.1, 0.15) is 0 Å². The lowest BCUT2D eigenvalue weighted by Gasteiger charge is -2.61. The van der Waals surface area contributed by atoms with Gasteiger partial charge in [0.2, 0.25) is 0 Å². The highest BCUT2D eigenvalue weighted by Gasteiger charge is 2.57. The predicted molar refractivity (Wildman–Crippen MR) is 143 cm³/mol. The molecule has 0 N–H and O–H groups in total. The number of piperidine rings is 1. The molecular weight excluding hydrogens is 432 g/mol. The average Bonchev–Trinajstić information content (AvgIpc) is 2.78. The Kier molecular flexibility index (Phi) is 6.31. The molecule has 34 heavy (non-hydrogen) atoms. The zero-order chi connectivity index (χ0) is 24.1. The fourth-order valence-electron chi connectivity index (χ4n) is 6.99. The molecule has 0 spiro atoms. The minimum atomic E-state index is -1.80. The van der Waals surface area contributed by atoms with E-state index in [9.17, 15) is 0 Å². The van der Waals surface area contributed by atoms with E-state index in [1.54, 1.807) is 0 Å². The van der Waals surface area contributed by atoms with E-state index in [2.05, 4.69) is 88.3 Å². The van der Waals surface area contributed by atoms with E-state index in [-0.39, 0.29) is 10.6 Å². The van der Waals surface area contributed by atoms with E-state index < -0.39 is 8.32 Å². The summed E-state index contributed by atoms with van der Waals surface area (Å²) in [4.78, 5) is 7.98. The van der Waals surface area contributed by atoms with Crippen LogP contribution in [0.25, 0.3) is 0 Å². The summed E-state index contributed by atoms with van der Waals surface area (Å²) in [7, 11) is -1.80. The molecule has 1 saturated carbocycles. The number of hydrogen-bond acceptors (Lipinski definition) is 3. The molecule has 1 saturated heterocycles. The second-order valence-electron chi connectivity index (χ2n) is 13.0. The molecule has 5 rings (SSSR count). The van der Waals surface area contributed by atoms with Crippen molar-refractivity contribution in [2.24, 2.45) is 17.8 Å². The van der Waals surface area contributed by atoms with Gasteiger partial charge in [-0.15, -0.1) is 0 Å². The highest BCUT2D eigenvalue weighted by molar-refractivity contribution is 6.74. The van der Waals surface area contributed by atoms with Gasteiger partial charge in [-0.25, -0.2) is 0 Å². The third-order valence-electron chi connectivity index (χ3n) is 9.63. The van der Waals surface area contributed by atoms with Gasteiger partial charge in [-0.05, 0) is 97.3 Å². The molecule has 1 aromatic heterocycles. The largest absolute Gasteiger partial charge is 0.413 e. The normalized spacial score (nSPS) is 29.4. The summed E-state index contributed by atoms with van der Waals surface area (Å²) >= 11 is 0. The number of rotatable bonds is 5. The third kappa shape index (κ3) is 4.20. The van der Waals surface area contributed by atoms with Crippen LogP contribution < -0.4 is 0 Å². The van der Waals surface area contributed by atoms with Crippen molar-refractivity contribution in [2.45, 2.75) is 96.6 Å². The van der Waals surface area contributed by atoms with E-state index in [4.69, 9.17) is 9.41 Å². The minimum Gasteiger partial charge on any atom is -0.413 e. The summed E-state index contributed by atoms with van der Waals surface area (Å²) in [6.07, 6.45) is 8.60. The van der Waals surface area contributed by atoms with E-state index in [1.165, 1.54) is 54.6 Å². The van der Waals surface area contributed by atoms with Crippen molar-refractivity contribution >= 4 is 8.32 Å². The number of hydrogen-bond donors (Lipinski definition) is 0. The fourth-order valence-corrected chi connectivity index (χ4v) is 7.95. The predicted octanol–water partition coefficient (Wildman–Crippen LogP) is 7.31. The van der Waals surface area contributed by atoms with Crippen molar-refractivity contribution in [3.63, 3.8) is 0 Å². The van der Waals surface area contributed by atoms with Crippen LogP contribution in [0, 0.1) is 17.8 Å². The first-order chi connectivity index (χ1) is 16.1. The van der Waals surface area contributed by atoms with Crippen molar-refractivity contribution in [2.75, 3.05) is 6.54 Å². The molecule has 0 unspecified atom stereocenters. The minimum absolute atomic E-state index is 0.129. The van der Waals surface area contributed by atoms with Crippen LogP contribution in [0.15, 0.2) is 42.6 Å². The van der Waals surface area contributed by atoms with Gasteiger partial charge < -0.3 is 4.43 Å².